The molecule has 0 spiro atoms. The van der Waals surface area contributed by atoms with Crippen LogP contribution in [-0.4, -0.2) is 9.78 Å². The highest BCUT2D eigenvalue weighted by Crippen LogP contribution is 2.23. The molecular weight excluding hydrogens is 243 g/mol. The first kappa shape index (κ1) is 12.0. The molecule has 0 radical (unpaired) electrons. The maximum Gasteiger partial charge on any atom is 0.142 e. The zero-order valence-electron chi connectivity index (χ0n) is 9.19. The number of hydrogen-bond donors (Lipinski definition) is 2. The molecule has 4 nitrogen and oxygen atoms in total. The first-order valence-electron chi connectivity index (χ1n) is 5.02. The summed E-state index contributed by atoms with van der Waals surface area (Å²) in [4.78, 5) is 0. The third-order valence-electron chi connectivity index (χ3n) is 2.47. The first-order chi connectivity index (χ1) is 8.11. The maximum absolute atomic E-state index is 13.4. The van der Waals surface area contributed by atoms with E-state index in [1.165, 1.54) is 12.1 Å². The minimum atomic E-state index is -0.472. The van der Waals surface area contributed by atoms with Crippen LogP contribution < -0.4 is 11.3 Å². The van der Waals surface area contributed by atoms with E-state index in [-0.39, 0.29) is 11.1 Å². The average molecular weight is 255 g/mol. The Morgan fingerprint density at radius 1 is 1.47 bits per heavy atom. The molecule has 0 aliphatic heterocycles. The molecule has 0 amide bonds. The summed E-state index contributed by atoms with van der Waals surface area (Å²) in [6.07, 6.45) is 1.80. The third-order valence-corrected chi connectivity index (χ3v) is 2.78. The largest absolute Gasteiger partial charge is 0.275 e. The molecule has 0 fully saturated rings. The van der Waals surface area contributed by atoms with Gasteiger partial charge in [-0.15, -0.1) is 0 Å². The molecule has 0 saturated carbocycles. The van der Waals surface area contributed by atoms with Crippen LogP contribution >= 0.6 is 11.6 Å². The number of nitrogens with zero attached hydrogens (tertiary/aromatic N) is 2. The topological polar surface area (TPSA) is 55.9 Å². The minimum Gasteiger partial charge on any atom is -0.275 e. The second-order valence-electron chi connectivity index (χ2n) is 3.69. The van der Waals surface area contributed by atoms with Crippen molar-refractivity contribution < 1.29 is 4.39 Å². The van der Waals surface area contributed by atoms with Gasteiger partial charge in [0.15, 0.2) is 0 Å². The second-order valence-corrected chi connectivity index (χ2v) is 4.09. The zero-order valence-corrected chi connectivity index (χ0v) is 9.95. The van der Waals surface area contributed by atoms with Gasteiger partial charge in [0.25, 0.3) is 0 Å². The van der Waals surface area contributed by atoms with Gasteiger partial charge in [0, 0.05) is 13.2 Å². The monoisotopic (exact) mass is 254 g/mol. The SMILES string of the molecule is Cn1ccc(C(NN)c2ccc(Cl)c(F)c2)n1. The van der Waals surface area contributed by atoms with Gasteiger partial charge in [0.2, 0.25) is 0 Å². The summed E-state index contributed by atoms with van der Waals surface area (Å²) < 4.78 is 15.0. The van der Waals surface area contributed by atoms with E-state index in [9.17, 15) is 4.39 Å². The molecule has 1 aromatic heterocycles. The van der Waals surface area contributed by atoms with Gasteiger partial charge in [-0.25, -0.2) is 9.82 Å². The predicted octanol–water partition coefficient (Wildman–Crippen LogP) is 1.77. The van der Waals surface area contributed by atoms with E-state index in [0.29, 0.717) is 5.56 Å². The van der Waals surface area contributed by atoms with Gasteiger partial charge in [0.1, 0.15) is 5.82 Å². The smallest absolute Gasteiger partial charge is 0.142 e. The Labute approximate surface area is 103 Å². The van der Waals surface area contributed by atoms with Gasteiger partial charge in [0.05, 0.1) is 16.8 Å². The molecule has 2 aromatic rings. The van der Waals surface area contributed by atoms with E-state index < -0.39 is 5.82 Å². The van der Waals surface area contributed by atoms with Crippen molar-refractivity contribution in [2.45, 2.75) is 6.04 Å². The molecule has 0 aliphatic rings. The predicted molar refractivity (Wildman–Crippen MR) is 63.8 cm³/mol. The molecule has 0 bridgehead atoms. The van der Waals surface area contributed by atoms with Crippen molar-refractivity contribution in [3.8, 4) is 0 Å². The van der Waals surface area contributed by atoms with Crippen LogP contribution in [0.3, 0.4) is 0 Å². The summed E-state index contributed by atoms with van der Waals surface area (Å²) >= 11 is 5.63. The number of aromatic nitrogens is 2. The molecule has 0 saturated heterocycles. The van der Waals surface area contributed by atoms with Crippen molar-refractivity contribution in [2.24, 2.45) is 12.9 Å². The van der Waals surface area contributed by atoms with E-state index in [1.807, 2.05) is 6.07 Å². The Morgan fingerprint density at radius 3 is 2.76 bits per heavy atom. The quantitative estimate of drug-likeness (QED) is 0.648. The molecule has 0 aliphatic carbocycles. The Kier molecular flexibility index (Phi) is 3.42. The molecule has 1 heterocycles. The van der Waals surface area contributed by atoms with Crippen LogP contribution in [-0.2, 0) is 7.05 Å². The summed E-state index contributed by atoms with van der Waals surface area (Å²) in [5, 5.41) is 4.32. The lowest BCUT2D eigenvalue weighted by Gasteiger charge is -2.14. The van der Waals surface area contributed by atoms with E-state index in [4.69, 9.17) is 17.4 Å². The number of hydrazine groups is 1. The lowest BCUT2D eigenvalue weighted by atomic mass is 10.0. The maximum atomic E-state index is 13.4. The third kappa shape index (κ3) is 2.46. The zero-order chi connectivity index (χ0) is 12.4. The van der Waals surface area contributed by atoms with E-state index in [1.54, 1.807) is 24.0 Å². The first-order valence-corrected chi connectivity index (χ1v) is 5.40. The van der Waals surface area contributed by atoms with Crippen LogP contribution in [0.2, 0.25) is 5.02 Å². The van der Waals surface area contributed by atoms with E-state index >= 15 is 0 Å². The van der Waals surface area contributed by atoms with Crippen molar-refractivity contribution in [2.75, 3.05) is 0 Å². The van der Waals surface area contributed by atoms with Crippen LogP contribution in [0.1, 0.15) is 17.3 Å². The van der Waals surface area contributed by atoms with Gasteiger partial charge in [-0.1, -0.05) is 17.7 Å². The van der Waals surface area contributed by atoms with E-state index in [0.717, 1.165) is 5.69 Å². The standard InChI is InChI=1S/C11H12ClFN4/c1-17-5-4-10(16-17)11(15-14)7-2-3-8(12)9(13)6-7/h2-6,11,15H,14H2,1H3. The summed E-state index contributed by atoms with van der Waals surface area (Å²) in [5.41, 5.74) is 4.00. The second kappa shape index (κ2) is 4.83. The van der Waals surface area contributed by atoms with Crippen molar-refractivity contribution >= 4 is 11.6 Å². The summed E-state index contributed by atoms with van der Waals surface area (Å²) in [7, 11) is 1.81. The number of nitrogens with one attached hydrogen (secondary N) is 1. The molecule has 1 aromatic carbocycles. The highest BCUT2D eigenvalue weighted by atomic mass is 35.5. The summed E-state index contributed by atoms with van der Waals surface area (Å²) in [6, 6.07) is 6.02. The Hall–Kier alpha value is -1.43. The molecular formula is C11H12ClFN4. The van der Waals surface area contributed by atoms with Crippen LogP contribution in [0.5, 0.6) is 0 Å². The van der Waals surface area contributed by atoms with Gasteiger partial charge >= 0.3 is 0 Å². The minimum absolute atomic E-state index is 0.0885. The van der Waals surface area contributed by atoms with Crippen molar-refractivity contribution in [1.29, 1.82) is 0 Å². The molecule has 17 heavy (non-hydrogen) atoms. The number of rotatable bonds is 3. The average Bonchev–Trinajstić information content (AvgIpc) is 2.71. The Morgan fingerprint density at radius 2 is 2.24 bits per heavy atom. The Balaban J connectivity index is 2.38. The molecule has 2 rings (SSSR count). The van der Waals surface area contributed by atoms with Gasteiger partial charge < -0.3 is 0 Å². The fourth-order valence-corrected chi connectivity index (χ4v) is 1.75. The fourth-order valence-electron chi connectivity index (χ4n) is 1.63. The number of benzene rings is 1. The highest BCUT2D eigenvalue weighted by Gasteiger charge is 2.16. The normalized spacial score (nSPS) is 12.7. The van der Waals surface area contributed by atoms with Gasteiger partial charge in [-0.2, -0.15) is 5.10 Å². The van der Waals surface area contributed by atoms with Crippen molar-refractivity contribution in [3.63, 3.8) is 0 Å². The molecule has 3 N–H and O–H groups in total. The lowest BCUT2D eigenvalue weighted by molar-refractivity contribution is 0.588. The number of nitrogens with two attached hydrogens (primary N) is 1. The van der Waals surface area contributed by atoms with Crippen molar-refractivity contribution in [3.05, 3.63) is 52.6 Å². The van der Waals surface area contributed by atoms with Gasteiger partial charge in [-0.3, -0.25) is 10.5 Å². The molecule has 1 unspecified atom stereocenters. The molecule has 1 atom stereocenters. The summed E-state index contributed by atoms with van der Waals surface area (Å²) in [5.74, 6) is 5.01. The molecule has 90 valence electrons. The Bertz CT molecular complexity index is 526. The fraction of sp³-hybridized carbons (Fsp3) is 0.182. The molecule has 6 heteroatoms. The van der Waals surface area contributed by atoms with Crippen molar-refractivity contribution in [1.82, 2.24) is 15.2 Å². The highest BCUT2D eigenvalue weighted by molar-refractivity contribution is 6.30. The van der Waals surface area contributed by atoms with Crippen LogP contribution in [0, 0.1) is 5.82 Å². The summed E-state index contributed by atoms with van der Waals surface area (Å²) in [6.45, 7) is 0. The number of halogens is 2. The van der Waals surface area contributed by atoms with Gasteiger partial charge in [-0.05, 0) is 23.8 Å². The van der Waals surface area contributed by atoms with E-state index in [2.05, 4.69) is 10.5 Å². The van der Waals surface area contributed by atoms with Crippen LogP contribution in [0.15, 0.2) is 30.5 Å². The number of aryl methyl sites for hydroxylation is 1. The number of hydrogen-bond acceptors (Lipinski definition) is 3. The van der Waals surface area contributed by atoms with Crippen LogP contribution in [0.4, 0.5) is 4.39 Å². The lowest BCUT2D eigenvalue weighted by Crippen LogP contribution is -2.29. The van der Waals surface area contributed by atoms with Crippen LogP contribution in [0.25, 0.3) is 0 Å².